The maximum absolute atomic E-state index is 5.68. The molecule has 0 heterocycles. The van der Waals surface area contributed by atoms with Crippen LogP contribution in [0.4, 0.5) is 5.69 Å². The van der Waals surface area contributed by atoms with Gasteiger partial charge >= 0.3 is 0 Å². The summed E-state index contributed by atoms with van der Waals surface area (Å²) in [6.45, 7) is 1.27. The van der Waals surface area contributed by atoms with Crippen molar-refractivity contribution < 1.29 is 14.2 Å². The number of anilines is 1. The van der Waals surface area contributed by atoms with Crippen molar-refractivity contribution in [3.8, 4) is 17.2 Å². The number of rotatable bonds is 7. The van der Waals surface area contributed by atoms with Crippen LogP contribution in [0.3, 0.4) is 0 Å². The molecule has 0 aliphatic heterocycles. The van der Waals surface area contributed by atoms with Gasteiger partial charge in [0.05, 0.1) is 14.2 Å². The highest BCUT2D eigenvalue weighted by molar-refractivity contribution is 5.46. The van der Waals surface area contributed by atoms with Crippen molar-refractivity contribution in [3.05, 3.63) is 48.5 Å². The van der Waals surface area contributed by atoms with Gasteiger partial charge in [0.25, 0.3) is 0 Å². The zero-order chi connectivity index (χ0) is 14.2. The van der Waals surface area contributed by atoms with Gasteiger partial charge in [0, 0.05) is 12.2 Å². The molecule has 0 radical (unpaired) electrons. The number of hydrogen-bond donors (Lipinski definition) is 1. The normalized spacial score (nSPS) is 9.90. The number of methoxy groups -OCH3 is 2. The van der Waals surface area contributed by atoms with Crippen molar-refractivity contribution in [1.29, 1.82) is 0 Å². The van der Waals surface area contributed by atoms with Gasteiger partial charge < -0.3 is 19.5 Å². The van der Waals surface area contributed by atoms with Gasteiger partial charge in [-0.15, -0.1) is 0 Å². The fourth-order valence-corrected chi connectivity index (χ4v) is 1.80. The van der Waals surface area contributed by atoms with Crippen LogP contribution in [0.1, 0.15) is 0 Å². The third-order valence-electron chi connectivity index (χ3n) is 2.85. The Bertz CT molecular complexity index is 526. The summed E-state index contributed by atoms with van der Waals surface area (Å²) in [5.74, 6) is 2.35. The van der Waals surface area contributed by atoms with Gasteiger partial charge in [0.1, 0.15) is 12.4 Å². The largest absolute Gasteiger partial charge is 0.497 e. The number of ether oxygens (including phenoxy) is 3. The van der Waals surface area contributed by atoms with Gasteiger partial charge in [-0.25, -0.2) is 0 Å². The molecule has 0 saturated carbocycles. The fraction of sp³-hybridized carbons (Fsp3) is 0.250. The van der Waals surface area contributed by atoms with Crippen LogP contribution in [0.5, 0.6) is 17.2 Å². The zero-order valence-corrected chi connectivity index (χ0v) is 11.8. The number of benzene rings is 2. The molecule has 0 aliphatic rings. The van der Waals surface area contributed by atoms with E-state index in [-0.39, 0.29) is 0 Å². The molecule has 0 saturated heterocycles. The smallest absolute Gasteiger partial charge is 0.161 e. The summed E-state index contributed by atoms with van der Waals surface area (Å²) in [5, 5.41) is 3.28. The van der Waals surface area contributed by atoms with Crippen molar-refractivity contribution in [3.63, 3.8) is 0 Å². The van der Waals surface area contributed by atoms with E-state index in [0.29, 0.717) is 13.2 Å². The summed E-state index contributed by atoms with van der Waals surface area (Å²) < 4.78 is 16.0. The Morgan fingerprint density at radius 2 is 1.55 bits per heavy atom. The molecule has 2 rings (SSSR count). The molecule has 2 aromatic rings. The van der Waals surface area contributed by atoms with Crippen molar-refractivity contribution >= 4 is 5.69 Å². The standard InChI is InChI=1S/C16H19NO3/c1-18-14-9-7-13(8-10-14)17-11-12-20-16-6-4-3-5-15(16)19-2/h3-10,17H,11-12H2,1-2H3. The lowest BCUT2D eigenvalue weighted by molar-refractivity contribution is 0.306. The van der Waals surface area contributed by atoms with Crippen LogP contribution in [-0.4, -0.2) is 27.4 Å². The van der Waals surface area contributed by atoms with E-state index in [0.717, 1.165) is 22.9 Å². The second kappa shape index (κ2) is 7.28. The Balaban J connectivity index is 1.78. The van der Waals surface area contributed by atoms with Gasteiger partial charge in [-0.1, -0.05) is 12.1 Å². The summed E-state index contributed by atoms with van der Waals surface area (Å²) in [4.78, 5) is 0. The number of nitrogens with one attached hydrogen (secondary N) is 1. The van der Waals surface area contributed by atoms with E-state index >= 15 is 0 Å². The van der Waals surface area contributed by atoms with Gasteiger partial charge in [-0.05, 0) is 36.4 Å². The summed E-state index contributed by atoms with van der Waals surface area (Å²) in [6, 6.07) is 15.4. The Labute approximate surface area is 119 Å². The monoisotopic (exact) mass is 273 g/mol. The molecule has 0 aromatic heterocycles. The quantitative estimate of drug-likeness (QED) is 0.786. The summed E-state index contributed by atoms with van der Waals surface area (Å²) in [5.41, 5.74) is 1.04. The highest BCUT2D eigenvalue weighted by Crippen LogP contribution is 2.25. The minimum absolute atomic E-state index is 0.562. The molecule has 1 N–H and O–H groups in total. The first kappa shape index (κ1) is 14.1. The molecule has 0 bridgehead atoms. The van der Waals surface area contributed by atoms with Crippen molar-refractivity contribution in [2.45, 2.75) is 0 Å². The topological polar surface area (TPSA) is 39.7 Å². The maximum atomic E-state index is 5.68. The molecule has 106 valence electrons. The number of para-hydroxylation sites is 2. The third-order valence-corrected chi connectivity index (χ3v) is 2.85. The molecule has 0 aliphatic carbocycles. The van der Waals surface area contributed by atoms with Crippen molar-refractivity contribution in [2.24, 2.45) is 0 Å². The molecular weight excluding hydrogens is 254 g/mol. The first-order chi connectivity index (χ1) is 9.83. The van der Waals surface area contributed by atoms with Gasteiger partial charge in [0.2, 0.25) is 0 Å². The van der Waals surface area contributed by atoms with Crippen molar-refractivity contribution in [2.75, 3.05) is 32.7 Å². The van der Waals surface area contributed by atoms with Crippen LogP contribution in [0.25, 0.3) is 0 Å². The second-order valence-electron chi connectivity index (χ2n) is 4.15. The molecule has 0 amide bonds. The van der Waals surface area contributed by atoms with Crippen LogP contribution in [-0.2, 0) is 0 Å². The Kier molecular flexibility index (Phi) is 5.12. The maximum Gasteiger partial charge on any atom is 0.161 e. The summed E-state index contributed by atoms with van der Waals surface area (Å²) >= 11 is 0. The van der Waals surface area contributed by atoms with E-state index in [1.54, 1.807) is 14.2 Å². The lowest BCUT2D eigenvalue weighted by Crippen LogP contribution is -2.11. The fourth-order valence-electron chi connectivity index (χ4n) is 1.80. The van der Waals surface area contributed by atoms with Gasteiger partial charge in [0.15, 0.2) is 11.5 Å². The molecule has 0 atom stereocenters. The Morgan fingerprint density at radius 3 is 2.20 bits per heavy atom. The van der Waals surface area contributed by atoms with Crippen LogP contribution in [0.15, 0.2) is 48.5 Å². The van der Waals surface area contributed by atoms with Crippen LogP contribution in [0.2, 0.25) is 0 Å². The first-order valence-electron chi connectivity index (χ1n) is 6.47. The average molecular weight is 273 g/mol. The Morgan fingerprint density at radius 1 is 0.850 bits per heavy atom. The van der Waals surface area contributed by atoms with Crippen LogP contribution < -0.4 is 19.5 Å². The highest BCUT2D eigenvalue weighted by atomic mass is 16.5. The summed E-state index contributed by atoms with van der Waals surface area (Å²) in [7, 11) is 3.29. The van der Waals surface area contributed by atoms with E-state index in [1.165, 1.54) is 0 Å². The molecule has 0 spiro atoms. The zero-order valence-electron chi connectivity index (χ0n) is 11.8. The minimum atomic E-state index is 0.562. The van der Waals surface area contributed by atoms with Crippen LogP contribution in [0, 0.1) is 0 Å². The first-order valence-corrected chi connectivity index (χ1v) is 6.47. The predicted molar refractivity (Wildman–Crippen MR) is 80.0 cm³/mol. The van der Waals surface area contributed by atoms with E-state index in [1.807, 2.05) is 48.5 Å². The second-order valence-corrected chi connectivity index (χ2v) is 4.15. The molecule has 2 aromatic carbocycles. The van der Waals surface area contributed by atoms with Gasteiger partial charge in [-0.2, -0.15) is 0 Å². The number of hydrogen-bond acceptors (Lipinski definition) is 4. The van der Waals surface area contributed by atoms with E-state index in [9.17, 15) is 0 Å². The van der Waals surface area contributed by atoms with Crippen LogP contribution >= 0.6 is 0 Å². The molecular formula is C16H19NO3. The van der Waals surface area contributed by atoms with Gasteiger partial charge in [-0.3, -0.25) is 0 Å². The average Bonchev–Trinajstić information content (AvgIpc) is 2.52. The molecule has 0 fully saturated rings. The third kappa shape index (κ3) is 3.82. The Hall–Kier alpha value is -2.36. The SMILES string of the molecule is COc1ccc(NCCOc2ccccc2OC)cc1. The lowest BCUT2D eigenvalue weighted by Gasteiger charge is -2.11. The van der Waals surface area contributed by atoms with E-state index in [2.05, 4.69) is 5.32 Å². The van der Waals surface area contributed by atoms with E-state index in [4.69, 9.17) is 14.2 Å². The van der Waals surface area contributed by atoms with E-state index < -0.39 is 0 Å². The molecule has 0 unspecified atom stereocenters. The highest BCUT2D eigenvalue weighted by Gasteiger charge is 2.01. The molecule has 4 heteroatoms. The summed E-state index contributed by atoms with van der Waals surface area (Å²) in [6.07, 6.45) is 0. The lowest BCUT2D eigenvalue weighted by atomic mass is 10.3. The minimum Gasteiger partial charge on any atom is -0.497 e. The predicted octanol–water partition coefficient (Wildman–Crippen LogP) is 3.19. The van der Waals surface area contributed by atoms with Crippen molar-refractivity contribution in [1.82, 2.24) is 0 Å². The molecule has 4 nitrogen and oxygen atoms in total. The molecule has 20 heavy (non-hydrogen) atoms.